The van der Waals surface area contributed by atoms with Gasteiger partial charge in [-0.3, -0.25) is 19.6 Å². The fourth-order valence-corrected chi connectivity index (χ4v) is 3.84. The molecule has 0 amide bonds. The molecule has 0 unspecified atom stereocenters. The molecule has 0 radical (unpaired) electrons. The second-order valence-corrected chi connectivity index (χ2v) is 7.18. The Morgan fingerprint density at radius 2 is 2.26 bits per heavy atom. The first-order valence-electron chi connectivity index (χ1n) is 9.18. The van der Waals surface area contributed by atoms with Gasteiger partial charge in [0, 0.05) is 55.6 Å². The largest absolute Gasteiger partial charge is 0.468 e. The topological polar surface area (TPSA) is 80.9 Å². The number of nitrogens with zero attached hydrogens (tertiary/aromatic N) is 4. The molecule has 0 spiro atoms. The Balaban J connectivity index is 1.44. The van der Waals surface area contributed by atoms with Gasteiger partial charge in [-0.25, -0.2) is 0 Å². The highest BCUT2D eigenvalue weighted by Gasteiger charge is 2.34. The van der Waals surface area contributed by atoms with Gasteiger partial charge in [0.1, 0.15) is 5.69 Å². The SMILES string of the molecule is COC(=O)CN1C[C@H]2COC[C@@H]1CN(Cc1cc(-c3cccnc3)no1)C2. The third-order valence-electron chi connectivity index (χ3n) is 5.11. The van der Waals surface area contributed by atoms with Crippen LogP contribution in [0.25, 0.3) is 11.3 Å². The number of ether oxygens (including phenoxy) is 2. The van der Waals surface area contributed by atoms with Crippen molar-refractivity contribution in [2.45, 2.75) is 12.6 Å². The molecule has 0 aromatic carbocycles. The third-order valence-corrected chi connectivity index (χ3v) is 5.11. The Morgan fingerprint density at radius 1 is 1.33 bits per heavy atom. The van der Waals surface area contributed by atoms with E-state index in [0.717, 1.165) is 36.7 Å². The highest BCUT2D eigenvalue weighted by molar-refractivity contribution is 5.71. The molecule has 8 heteroatoms. The molecule has 2 aromatic rings. The number of fused-ring (bicyclic) bond motifs is 3. The zero-order valence-corrected chi connectivity index (χ0v) is 15.4. The smallest absolute Gasteiger partial charge is 0.319 e. The Kier molecular flexibility index (Phi) is 5.47. The van der Waals surface area contributed by atoms with Gasteiger partial charge in [-0.1, -0.05) is 5.16 Å². The first-order valence-corrected chi connectivity index (χ1v) is 9.18. The van der Waals surface area contributed by atoms with Crippen LogP contribution in [0.2, 0.25) is 0 Å². The lowest BCUT2D eigenvalue weighted by atomic mass is 10.1. The maximum absolute atomic E-state index is 11.7. The molecule has 2 aliphatic rings. The van der Waals surface area contributed by atoms with Crippen LogP contribution in [0.5, 0.6) is 0 Å². The molecule has 144 valence electrons. The van der Waals surface area contributed by atoms with E-state index in [0.29, 0.717) is 32.2 Å². The highest BCUT2D eigenvalue weighted by Crippen LogP contribution is 2.23. The van der Waals surface area contributed by atoms with E-state index in [2.05, 4.69) is 19.9 Å². The van der Waals surface area contributed by atoms with Crippen molar-refractivity contribution in [1.82, 2.24) is 19.9 Å². The van der Waals surface area contributed by atoms with Crippen molar-refractivity contribution in [2.75, 3.05) is 46.5 Å². The molecule has 2 aromatic heterocycles. The van der Waals surface area contributed by atoms with E-state index < -0.39 is 0 Å². The highest BCUT2D eigenvalue weighted by atomic mass is 16.5. The van der Waals surface area contributed by atoms with Gasteiger partial charge in [0.2, 0.25) is 0 Å². The van der Waals surface area contributed by atoms with Gasteiger partial charge in [-0.05, 0) is 12.1 Å². The summed E-state index contributed by atoms with van der Waals surface area (Å²) in [4.78, 5) is 20.4. The van der Waals surface area contributed by atoms with Gasteiger partial charge in [0.25, 0.3) is 0 Å². The summed E-state index contributed by atoms with van der Waals surface area (Å²) in [5.41, 5.74) is 1.74. The van der Waals surface area contributed by atoms with E-state index in [1.165, 1.54) is 7.11 Å². The molecular weight excluding hydrogens is 348 g/mol. The Hall–Kier alpha value is -2.29. The zero-order valence-electron chi connectivity index (χ0n) is 15.4. The number of hydrogen-bond donors (Lipinski definition) is 0. The number of carbonyl (C=O) groups is 1. The van der Waals surface area contributed by atoms with E-state index in [9.17, 15) is 4.79 Å². The first-order chi connectivity index (χ1) is 13.2. The molecule has 8 nitrogen and oxygen atoms in total. The number of pyridine rings is 1. The lowest BCUT2D eigenvalue weighted by molar-refractivity contribution is -0.142. The van der Waals surface area contributed by atoms with E-state index in [1.807, 2.05) is 18.2 Å². The maximum atomic E-state index is 11.7. The van der Waals surface area contributed by atoms with Gasteiger partial charge in [0.15, 0.2) is 5.76 Å². The number of esters is 1. The number of aromatic nitrogens is 2. The molecule has 0 aliphatic carbocycles. The molecular formula is C19H24N4O4. The average molecular weight is 372 g/mol. The summed E-state index contributed by atoms with van der Waals surface area (Å²) in [5, 5.41) is 4.17. The molecule has 2 aliphatic heterocycles. The van der Waals surface area contributed by atoms with E-state index >= 15 is 0 Å². The molecule has 2 bridgehead atoms. The third kappa shape index (κ3) is 4.35. The molecule has 0 N–H and O–H groups in total. The van der Waals surface area contributed by atoms with Crippen molar-refractivity contribution in [3.8, 4) is 11.3 Å². The summed E-state index contributed by atoms with van der Waals surface area (Å²) in [7, 11) is 1.43. The predicted molar refractivity (Wildman–Crippen MR) is 96.7 cm³/mol. The fourth-order valence-electron chi connectivity index (χ4n) is 3.84. The number of hydrogen-bond acceptors (Lipinski definition) is 8. The monoisotopic (exact) mass is 372 g/mol. The number of methoxy groups -OCH3 is 1. The summed E-state index contributed by atoms with van der Waals surface area (Å²) in [6.45, 7) is 4.89. The van der Waals surface area contributed by atoms with Crippen LogP contribution in [-0.4, -0.2) is 78.5 Å². The van der Waals surface area contributed by atoms with Crippen molar-refractivity contribution in [2.24, 2.45) is 5.92 Å². The number of rotatable bonds is 5. The van der Waals surface area contributed by atoms with Crippen LogP contribution in [0.4, 0.5) is 0 Å². The Labute approximate surface area is 158 Å². The van der Waals surface area contributed by atoms with Crippen LogP contribution >= 0.6 is 0 Å². The van der Waals surface area contributed by atoms with Crippen LogP contribution < -0.4 is 0 Å². The van der Waals surface area contributed by atoms with Crippen molar-refractivity contribution in [3.63, 3.8) is 0 Å². The van der Waals surface area contributed by atoms with Crippen LogP contribution in [-0.2, 0) is 20.8 Å². The molecule has 27 heavy (non-hydrogen) atoms. The molecule has 2 fully saturated rings. The number of carbonyl (C=O) groups excluding carboxylic acids is 1. The zero-order chi connectivity index (χ0) is 18.6. The quantitative estimate of drug-likeness (QED) is 0.721. The molecule has 4 rings (SSSR count). The Morgan fingerprint density at radius 3 is 3.07 bits per heavy atom. The summed E-state index contributed by atoms with van der Waals surface area (Å²) in [6, 6.07) is 5.99. The van der Waals surface area contributed by atoms with Crippen molar-refractivity contribution >= 4 is 5.97 Å². The first kappa shape index (κ1) is 18.1. The summed E-state index contributed by atoms with van der Waals surface area (Å²) in [6.07, 6.45) is 3.52. The molecule has 2 saturated heterocycles. The fraction of sp³-hybridized carbons (Fsp3) is 0.526. The minimum atomic E-state index is -0.203. The van der Waals surface area contributed by atoms with Gasteiger partial charge in [-0.15, -0.1) is 0 Å². The van der Waals surface area contributed by atoms with Gasteiger partial charge in [-0.2, -0.15) is 0 Å². The lowest BCUT2D eigenvalue weighted by Gasteiger charge is -2.30. The summed E-state index contributed by atoms with van der Waals surface area (Å²) in [5.74, 6) is 0.975. The van der Waals surface area contributed by atoms with Gasteiger partial charge >= 0.3 is 5.97 Å². The molecule has 4 heterocycles. The van der Waals surface area contributed by atoms with Crippen LogP contribution in [0.3, 0.4) is 0 Å². The minimum absolute atomic E-state index is 0.164. The van der Waals surface area contributed by atoms with Crippen molar-refractivity contribution < 1.29 is 18.8 Å². The van der Waals surface area contributed by atoms with E-state index in [4.69, 9.17) is 14.0 Å². The van der Waals surface area contributed by atoms with Crippen LogP contribution in [0, 0.1) is 5.92 Å². The van der Waals surface area contributed by atoms with E-state index in [-0.39, 0.29) is 12.0 Å². The standard InChI is InChI=1S/C19H24N4O4/c1-25-19(24)11-23-8-14-7-22(9-16(23)13-26-12-14)10-17-5-18(21-27-17)15-3-2-4-20-6-15/h2-6,14,16H,7-13H2,1H3/t14-,16-/m0/s1. The van der Waals surface area contributed by atoms with Gasteiger partial charge < -0.3 is 14.0 Å². The summed E-state index contributed by atoms with van der Waals surface area (Å²) < 4.78 is 16.2. The Bertz CT molecular complexity index is 766. The molecule has 2 atom stereocenters. The lowest BCUT2D eigenvalue weighted by Crippen LogP contribution is -2.45. The average Bonchev–Trinajstić information content (AvgIpc) is 2.98. The summed E-state index contributed by atoms with van der Waals surface area (Å²) >= 11 is 0. The predicted octanol–water partition coefficient (Wildman–Crippen LogP) is 1.04. The normalized spacial score (nSPS) is 23.7. The van der Waals surface area contributed by atoms with Crippen molar-refractivity contribution in [1.29, 1.82) is 0 Å². The second kappa shape index (κ2) is 8.16. The van der Waals surface area contributed by atoms with Crippen LogP contribution in [0.1, 0.15) is 5.76 Å². The van der Waals surface area contributed by atoms with Crippen LogP contribution in [0.15, 0.2) is 35.1 Å². The second-order valence-electron chi connectivity index (χ2n) is 7.18. The minimum Gasteiger partial charge on any atom is -0.468 e. The van der Waals surface area contributed by atoms with E-state index in [1.54, 1.807) is 12.4 Å². The maximum Gasteiger partial charge on any atom is 0.319 e. The van der Waals surface area contributed by atoms with Crippen molar-refractivity contribution in [3.05, 3.63) is 36.4 Å². The van der Waals surface area contributed by atoms with Gasteiger partial charge in [0.05, 0.1) is 33.4 Å². The molecule has 0 saturated carbocycles.